The maximum absolute atomic E-state index is 12.3. The van der Waals surface area contributed by atoms with Gasteiger partial charge in [0.25, 0.3) is 5.91 Å². The molecule has 8 heteroatoms. The first-order valence-electron chi connectivity index (χ1n) is 7.73. The number of carbonyl (C=O) groups is 1. The number of nitrogens with one attached hydrogen (secondary N) is 2. The topological polar surface area (TPSA) is 111 Å². The zero-order valence-electron chi connectivity index (χ0n) is 14.2. The first-order valence-corrected chi connectivity index (χ1v) is 7.73. The van der Waals surface area contributed by atoms with Crippen molar-refractivity contribution in [1.82, 2.24) is 25.2 Å². The standard InChI is InChI=1S/C17H19N7O/c1-10-6-4-5-7-13(10)17(25)22-21-15-14(18)16(20-9-19-15)24-12(3)8-11(2)23-24/h4-9H,18H2,1-3H3,(H,22,25)(H,19,20,21). The van der Waals surface area contributed by atoms with E-state index < -0.39 is 0 Å². The number of benzene rings is 1. The summed E-state index contributed by atoms with van der Waals surface area (Å²) in [5.74, 6) is 0.483. The van der Waals surface area contributed by atoms with Crippen molar-refractivity contribution in [1.29, 1.82) is 0 Å². The molecule has 0 atom stereocenters. The van der Waals surface area contributed by atoms with E-state index in [0.717, 1.165) is 17.0 Å². The molecule has 0 spiro atoms. The summed E-state index contributed by atoms with van der Waals surface area (Å²) in [5.41, 5.74) is 15.0. The summed E-state index contributed by atoms with van der Waals surface area (Å²) in [6.45, 7) is 5.67. The third kappa shape index (κ3) is 3.27. The number of anilines is 2. The van der Waals surface area contributed by atoms with Crippen LogP contribution in [0.2, 0.25) is 0 Å². The van der Waals surface area contributed by atoms with Crippen LogP contribution >= 0.6 is 0 Å². The predicted octanol–water partition coefficient (Wildman–Crippen LogP) is 1.93. The van der Waals surface area contributed by atoms with Gasteiger partial charge in [-0.15, -0.1) is 0 Å². The minimum absolute atomic E-state index is 0.274. The number of rotatable bonds is 4. The molecule has 1 amide bonds. The molecule has 0 radical (unpaired) electrons. The number of hydrazine groups is 1. The van der Waals surface area contributed by atoms with Crippen molar-refractivity contribution in [3.8, 4) is 5.82 Å². The molecule has 0 saturated heterocycles. The van der Waals surface area contributed by atoms with Gasteiger partial charge in [0.2, 0.25) is 0 Å². The lowest BCUT2D eigenvalue weighted by molar-refractivity contribution is 0.0962. The Balaban J connectivity index is 1.82. The summed E-state index contributed by atoms with van der Waals surface area (Å²) in [7, 11) is 0. The molecule has 3 rings (SSSR count). The highest BCUT2D eigenvalue weighted by molar-refractivity contribution is 5.96. The lowest BCUT2D eigenvalue weighted by Gasteiger charge is -2.13. The zero-order valence-corrected chi connectivity index (χ0v) is 14.2. The van der Waals surface area contributed by atoms with Crippen molar-refractivity contribution >= 4 is 17.4 Å². The predicted molar refractivity (Wildman–Crippen MR) is 95.3 cm³/mol. The molecular weight excluding hydrogens is 318 g/mol. The Hall–Kier alpha value is -3.42. The van der Waals surface area contributed by atoms with Gasteiger partial charge in [0.1, 0.15) is 12.0 Å². The number of nitrogen functional groups attached to an aromatic ring is 1. The molecule has 0 saturated carbocycles. The molecule has 4 N–H and O–H groups in total. The molecule has 0 fully saturated rings. The van der Waals surface area contributed by atoms with E-state index in [0.29, 0.717) is 22.9 Å². The maximum Gasteiger partial charge on any atom is 0.269 e. The molecule has 0 unspecified atom stereocenters. The van der Waals surface area contributed by atoms with Gasteiger partial charge in [-0.1, -0.05) is 18.2 Å². The highest BCUT2D eigenvalue weighted by Crippen LogP contribution is 2.22. The molecule has 8 nitrogen and oxygen atoms in total. The number of hydrogen-bond donors (Lipinski definition) is 3. The number of aryl methyl sites for hydroxylation is 3. The zero-order chi connectivity index (χ0) is 18.0. The SMILES string of the molecule is Cc1cc(C)n(-c2ncnc(NNC(=O)c3ccccc3C)c2N)n1. The lowest BCUT2D eigenvalue weighted by atomic mass is 10.1. The number of hydrogen-bond acceptors (Lipinski definition) is 6. The second-order valence-corrected chi connectivity index (χ2v) is 5.69. The molecule has 0 bridgehead atoms. The highest BCUT2D eigenvalue weighted by Gasteiger charge is 2.14. The average Bonchev–Trinajstić information content (AvgIpc) is 2.92. The van der Waals surface area contributed by atoms with Gasteiger partial charge < -0.3 is 5.73 Å². The third-order valence-electron chi connectivity index (χ3n) is 3.76. The summed E-state index contributed by atoms with van der Waals surface area (Å²) in [5, 5.41) is 4.37. The second-order valence-electron chi connectivity index (χ2n) is 5.69. The van der Waals surface area contributed by atoms with Crippen LogP contribution in [0.4, 0.5) is 11.5 Å². The van der Waals surface area contributed by atoms with Crippen molar-refractivity contribution in [2.75, 3.05) is 11.2 Å². The van der Waals surface area contributed by atoms with Gasteiger partial charge in [-0.3, -0.25) is 15.6 Å². The van der Waals surface area contributed by atoms with Gasteiger partial charge in [0.15, 0.2) is 11.6 Å². The fourth-order valence-electron chi connectivity index (χ4n) is 2.51. The first-order chi connectivity index (χ1) is 12.0. The Morgan fingerprint density at radius 3 is 2.60 bits per heavy atom. The molecule has 2 aromatic heterocycles. The van der Waals surface area contributed by atoms with Crippen LogP contribution in [0.15, 0.2) is 36.7 Å². The van der Waals surface area contributed by atoms with Crippen LogP contribution in [-0.2, 0) is 0 Å². The van der Waals surface area contributed by atoms with Gasteiger partial charge in [0.05, 0.1) is 5.69 Å². The van der Waals surface area contributed by atoms with Crippen LogP contribution in [0.25, 0.3) is 5.82 Å². The molecule has 3 aromatic rings. The number of nitrogens with two attached hydrogens (primary N) is 1. The summed E-state index contributed by atoms with van der Waals surface area (Å²) >= 11 is 0. The van der Waals surface area contributed by atoms with E-state index in [1.807, 2.05) is 45.0 Å². The smallest absolute Gasteiger partial charge is 0.269 e. The summed E-state index contributed by atoms with van der Waals surface area (Å²) < 4.78 is 1.64. The fourth-order valence-corrected chi connectivity index (χ4v) is 2.51. The Morgan fingerprint density at radius 2 is 1.92 bits per heavy atom. The van der Waals surface area contributed by atoms with Crippen molar-refractivity contribution in [3.05, 3.63) is 59.2 Å². The van der Waals surface area contributed by atoms with Crippen LogP contribution in [0.5, 0.6) is 0 Å². The number of nitrogens with zero attached hydrogens (tertiary/aromatic N) is 4. The van der Waals surface area contributed by atoms with Gasteiger partial charge in [-0.25, -0.2) is 14.6 Å². The Morgan fingerprint density at radius 1 is 1.16 bits per heavy atom. The number of aromatic nitrogens is 4. The molecule has 0 aliphatic heterocycles. The van der Waals surface area contributed by atoms with Crippen LogP contribution in [0.1, 0.15) is 27.3 Å². The Kier molecular flexibility index (Phi) is 4.34. The summed E-state index contributed by atoms with van der Waals surface area (Å²) in [6, 6.07) is 9.23. The Labute approximate surface area is 145 Å². The largest absolute Gasteiger partial charge is 0.393 e. The minimum Gasteiger partial charge on any atom is -0.393 e. The van der Waals surface area contributed by atoms with E-state index >= 15 is 0 Å². The maximum atomic E-state index is 12.3. The summed E-state index contributed by atoms with van der Waals surface area (Å²) in [4.78, 5) is 20.6. The van der Waals surface area contributed by atoms with E-state index in [9.17, 15) is 4.79 Å². The summed E-state index contributed by atoms with van der Waals surface area (Å²) in [6.07, 6.45) is 1.37. The van der Waals surface area contributed by atoms with Crippen molar-refractivity contribution in [2.24, 2.45) is 0 Å². The van der Waals surface area contributed by atoms with Gasteiger partial charge >= 0.3 is 0 Å². The molecule has 2 heterocycles. The van der Waals surface area contributed by atoms with Crippen molar-refractivity contribution in [3.63, 3.8) is 0 Å². The molecule has 1 aromatic carbocycles. The quantitative estimate of drug-likeness (QED) is 0.627. The van der Waals surface area contributed by atoms with Crippen LogP contribution < -0.4 is 16.6 Å². The normalized spacial score (nSPS) is 10.5. The van der Waals surface area contributed by atoms with E-state index in [2.05, 4.69) is 25.9 Å². The average molecular weight is 337 g/mol. The highest BCUT2D eigenvalue weighted by atomic mass is 16.2. The molecule has 0 aliphatic rings. The molecular formula is C17H19N7O. The lowest BCUT2D eigenvalue weighted by Crippen LogP contribution is -2.31. The van der Waals surface area contributed by atoms with E-state index in [-0.39, 0.29) is 5.91 Å². The van der Waals surface area contributed by atoms with E-state index in [1.165, 1.54) is 6.33 Å². The Bertz CT molecular complexity index is 932. The van der Waals surface area contributed by atoms with E-state index in [1.54, 1.807) is 10.7 Å². The van der Waals surface area contributed by atoms with Gasteiger partial charge in [-0.05, 0) is 38.5 Å². The second kappa shape index (κ2) is 6.60. The van der Waals surface area contributed by atoms with Crippen molar-refractivity contribution < 1.29 is 4.79 Å². The molecule has 128 valence electrons. The molecule has 0 aliphatic carbocycles. The van der Waals surface area contributed by atoms with E-state index in [4.69, 9.17) is 5.73 Å². The number of amides is 1. The minimum atomic E-state index is -0.274. The third-order valence-corrected chi connectivity index (χ3v) is 3.76. The van der Waals surface area contributed by atoms with Crippen LogP contribution in [-0.4, -0.2) is 25.7 Å². The van der Waals surface area contributed by atoms with Gasteiger partial charge in [-0.2, -0.15) is 5.10 Å². The number of carbonyl (C=O) groups excluding carboxylic acids is 1. The van der Waals surface area contributed by atoms with Gasteiger partial charge in [0, 0.05) is 11.3 Å². The monoisotopic (exact) mass is 337 g/mol. The van der Waals surface area contributed by atoms with Crippen molar-refractivity contribution in [2.45, 2.75) is 20.8 Å². The van der Waals surface area contributed by atoms with Crippen LogP contribution in [0, 0.1) is 20.8 Å². The van der Waals surface area contributed by atoms with Crippen LogP contribution in [0.3, 0.4) is 0 Å². The first kappa shape index (κ1) is 16.4. The fraction of sp³-hybridized carbons (Fsp3) is 0.176. The molecule has 25 heavy (non-hydrogen) atoms.